The van der Waals surface area contributed by atoms with Crippen molar-refractivity contribution < 1.29 is 31.5 Å². The van der Waals surface area contributed by atoms with E-state index in [1.165, 1.54) is 18.9 Å². The van der Waals surface area contributed by atoms with Gasteiger partial charge in [0.25, 0.3) is 0 Å². The van der Waals surface area contributed by atoms with E-state index < -0.39 is 22.2 Å². The maximum Gasteiger partial charge on any atom is 0.490 e. The van der Waals surface area contributed by atoms with Crippen LogP contribution in [-0.2, 0) is 14.8 Å². The number of rotatable bonds is 9. The summed E-state index contributed by atoms with van der Waals surface area (Å²) in [5.74, 6) is -0.316. The number of nitrogens with one attached hydrogen (secondary N) is 3. The smallest absolute Gasteiger partial charge is 0.475 e. The fraction of sp³-hybridized carbons (Fsp3) is 0.444. The molecule has 2 aliphatic rings. The lowest BCUT2D eigenvalue weighted by atomic mass is 9.82. The van der Waals surface area contributed by atoms with Crippen molar-refractivity contribution in [3.8, 4) is 0 Å². The lowest BCUT2D eigenvalue weighted by Gasteiger charge is -2.28. The number of carbonyl (C=O) groups is 1. The van der Waals surface area contributed by atoms with Crippen LogP contribution in [0.25, 0.3) is 10.9 Å². The molecule has 41 heavy (non-hydrogen) atoms. The first-order valence-electron chi connectivity index (χ1n) is 13.2. The van der Waals surface area contributed by atoms with E-state index in [0.29, 0.717) is 35.4 Å². The van der Waals surface area contributed by atoms with Crippen LogP contribution in [0.4, 0.5) is 24.9 Å². The molecule has 0 spiro atoms. The zero-order valence-corrected chi connectivity index (χ0v) is 23.6. The van der Waals surface area contributed by atoms with Gasteiger partial charge in [0, 0.05) is 29.5 Å². The Bertz CT molecular complexity index is 1460. The Hall–Kier alpha value is -3.16. The summed E-state index contributed by atoms with van der Waals surface area (Å²) < 4.78 is 59.6. The van der Waals surface area contributed by atoms with Gasteiger partial charge < -0.3 is 15.7 Å². The summed E-state index contributed by atoms with van der Waals surface area (Å²) in [6.45, 7) is 1.28. The summed E-state index contributed by atoms with van der Waals surface area (Å²) in [6.07, 6.45) is 1.41. The van der Waals surface area contributed by atoms with E-state index in [0.717, 1.165) is 48.9 Å². The number of halogens is 4. The highest BCUT2D eigenvalue weighted by atomic mass is 35.5. The number of sulfonamides is 1. The first kappa shape index (κ1) is 30.8. The second-order valence-electron chi connectivity index (χ2n) is 10.2. The van der Waals surface area contributed by atoms with Crippen molar-refractivity contribution in [2.75, 3.05) is 23.7 Å². The van der Waals surface area contributed by atoms with Crippen LogP contribution < -0.4 is 15.4 Å². The highest BCUT2D eigenvalue weighted by molar-refractivity contribution is 7.89. The Balaban J connectivity index is 0.000000493. The molecule has 4 N–H and O–H groups in total. The van der Waals surface area contributed by atoms with Crippen molar-refractivity contribution in [3.05, 3.63) is 53.6 Å². The molecule has 2 aliphatic carbocycles. The Kier molecular flexibility index (Phi) is 9.92. The van der Waals surface area contributed by atoms with Gasteiger partial charge in [-0.15, -0.1) is 0 Å². The predicted octanol–water partition coefficient (Wildman–Crippen LogP) is 5.69. The molecule has 14 heteroatoms. The number of hydrogen-bond donors (Lipinski definition) is 4. The molecule has 3 aromatic rings. The number of hydrogen-bond acceptors (Lipinski definition) is 7. The zero-order valence-electron chi connectivity index (χ0n) is 22.0. The van der Waals surface area contributed by atoms with Crippen molar-refractivity contribution in [1.29, 1.82) is 0 Å². The summed E-state index contributed by atoms with van der Waals surface area (Å²) in [5, 5.41) is 15.6. The summed E-state index contributed by atoms with van der Waals surface area (Å²) in [5.41, 5.74) is 0.943. The lowest BCUT2D eigenvalue weighted by molar-refractivity contribution is -0.192. The van der Waals surface area contributed by atoms with Crippen LogP contribution in [0.3, 0.4) is 0 Å². The Morgan fingerprint density at radius 3 is 2.20 bits per heavy atom. The average molecular weight is 614 g/mol. The molecule has 2 fully saturated rings. The topological polar surface area (TPSA) is 133 Å². The molecule has 222 valence electrons. The lowest BCUT2D eigenvalue weighted by Crippen LogP contribution is -2.32. The summed E-state index contributed by atoms with van der Waals surface area (Å²) in [7, 11) is -3.54. The molecule has 2 saturated carbocycles. The number of nitrogens with zero attached hydrogens (tertiary/aromatic N) is 2. The summed E-state index contributed by atoms with van der Waals surface area (Å²) in [6, 6.07) is 15.0. The second-order valence-corrected chi connectivity index (χ2v) is 12.4. The Morgan fingerprint density at radius 1 is 0.951 bits per heavy atom. The molecule has 1 aromatic heterocycles. The third-order valence-electron chi connectivity index (χ3n) is 6.95. The zero-order chi connectivity index (χ0) is 29.6. The van der Waals surface area contributed by atoms with Gasteiger partial charge in [0.1, 0.15) is 5.82 Å². The van der Waals surface area contributed by atoms with Crippen LogP contribution in [-0.4, -0.2) is 54.8 Å². The molecule has 2 aromatic carbocycles. The summed E-state index contributed by atoms with van der Waals surface area (Å²) in [4.78, 5) is 18.6. The summed E-state index contributed by atoms with van der Waals surface area (Å²) >= 11 is 5.94. The number of benzene rings is 2. The number of fused-ring (bicyclic) bond motifs is 1. The number of carboxylic acids is 1. The molecular formula is C27H31ClF3N5O4S. The number of aromatic nitrogens is 2. The molecule has 0 atom stereocenters. The van der Waals surface area contributed by atoms with E-state index in [9.17, 15) is 21.6 Å². The van der Waals surface area contributed by atoms with Gasteiger partial charge in [0.05, 0.1) is 10.4 Å². The van der Waals surface area contributed by atoms with Crippen LogP contribution in [0.1, 0.15) is 38.5 Å². The molecular weight excluding hydrogens is 583 g/mol. The van der Waals surface area contributed by atoms with Gasteiger partial charge in [-0.25, -0.2) is 22.9 Å². The molecule has 1 heterocycles. The maximum absolute atomic E-state index is 12.5. The molecule has 0 aliphatic heterocycles. The monoisotopic (exact) mass is 613 g/mol. The highest BCUT2D eigenvalue weighted by Gasteiger charge is 2.38. The largest absolute Gasteiger partial charge is 0.490 e. The number of alkyl halides is 3. The second kappa shape index (κ2) is 13.2. The van der Waals surface area contributed by atoms with Gasteiger partial charge in [-0.3, -0.25) is 0 Å². The highest BCUT2D eigenvalue weighted by Crippen LogP contribution is 2.31. The first-order valence-corrected chi connectivity index (χ1v) is 15.1. The number of aliphatic carboxylic acids is 1. The third-order valence-corrected chi connectivity index (χ3v) is 8.60. The molecule has 0 bridgehead atoms. The van der Waals surface area contributed by atoms with E-state index in [1.54, 1.807) is 18.2 Å². The molecule has 5 rings (SSSR count). The molecule has 0 saturated heterocycles. The van der Waals surface area contributed by atoms with E-state index >= 15 is 0 Å². The van der Waals surface area contributed by atoms with E-state index in [1.807, 2.05) is 18.2 Å². The Morgan fingerprint density at radius 2 is 1.59 bits per heavy atom. The van der Waals surface area contributed by atoms with Gasteiger partial charge in [-0.1, -0.05) is 29.8 Å². The van der Waals surface area contributed by atoms with Crippen LogP contribution >= 0.6 is 11.6 Å². The van der Waals surface area contributed by atoms with Crippen LogP contribution in [0, 0.1) is 11.8 Å². The minimum atomic E-state index is -5.08. The fourth-order valence-corrected chi connectivity index (χ4v) is 5.92. The van der Waals surface area contributed by atoms with Gasteiger partial charge >= 0.3 is 12.1 Å². The number of para-hydroxylation sites is 1. The normalized spacial score (nSPS) is 19.2. The molecule has 0 amide bonds. The van der Waals surface area contributed by atoms with Crippen LogP contribution in [0.5, 0.6) is 0 Å². The maximum atomic E-state index is 12.5. The number of carboxylic acid groups (broad SMARTS) is 1. The SMILES string of the molecule is O=C(O)C(F)(F)F.O=S(=O)(NCC1CCC(CNc2nc(NC3CC3)c3ccccc3n2)CC1)c1cccc(Cl)c1. The van der Waals surface area contributed by atoms with Gasteiger partial charge in [-0.05, 0) is 80.7 Å². The molecule has 9 nitrogen and oxygen atoms in total. The van der Waals surface area contributed by atoms with Gasteiger partial charge in [0.15, 0.2) is 0 Å². The van der Waals surface area contributed by atoms with Crippen molar-refractivity contribution in [2.45, 2.75) is 55.6 Å². The average Bonchev–Trinajstić information content (AvgIpc) is 3.75. The van der Waals surface area contributed by atoms with Crippen molar-refractivity contribution in [2.24, 2.45) is 11.8 Å². The molecule has 0 radical (unpaired) electrons. The van der Waals surface area contributed by atoms with Crippen molar-refractivity contribution in [3.63, 3.8) is 0 Å². The quantitative estimate of drug-likeness (QED) is 0.242. The minimum Gasteiger partial charge on any atom is -0.475 e. The van der Waals surface area contributed by atoms with Gasteiger partial charge in [0.2, 0.25) is 16.0 Å². The van der Waals surface area contributed by atoms with E-state index in [-0.39, 0.29) is 4.90 Å². The number of anilines is 2. The first-order chi connectivity index (χ1) is 19.4. The minimum absolute atomic E-state index is 0.212. The van der Waals surface area contributed by atoms with Crippen LogP contribution in [0.15, 0.2) is 53.4 Å². The predicted molar refractivity (Wildman–Crippen MR) is 150 cm³/mol. The van der Waals surface area contributed by atoms with Gasteiger partial charge in [-0.2, -0.15) is 18.2 Å². The van der Waals surface area contributed by atoms with E-state index in [4.69, 9.17) is 31.5 Å². The third kappa shape index (κ3) is 9.17. The molecule has 0 unspecified atom stereocenters. The fourth-order valence-electron chi connectivity index (χ4n) is 4.51. The Labute approximate surface area is 241 Å². The van der Waals surface area contributed by atoms with Crippen molar-refractivity contribution in [1.82, 2.24) is 14.7 Å². The van der Waals surface area contributed by atoms with Crippen molar-refractivity contribution >= 4 is 50.3 Å². The van der Waals surface area contributed by atoms with E-state index in [2.05, 4.69) is 21.4 Å². The standard InChI is InChI=1S/C25H30ClN5O2S.C2HF3O2/c26-19-4-3-5-21(14-19)34(32,33)28-16-18-10-8-17(9-11-18)15-27-25-30-23-7-2-1-6-22(23)24(31-25)29-20-12-13-20;3-2(4,5)1(6)7/h1-7,14,17-18,20,28H,8-13,15-16H2,(H2,27,29,30,31);(H,6,7). The van der Waals surface area contributed by atoms with Crippen LogP contribution in [0.2, 0.25) is 5.02 Å².